The summed E-state index contributed by atoms with van der Waals surface area (Å²) < 4.78 is 5.82. The van der Waals surface area contributed by atoms with Gasteiger partial charge in [-0.15, -0.1) is 0 Å². The van der Waals surface area contributed by atoms with Gasteiger partial charge in [-0.05, 0) is 60.4 Å². The summed E-state index contributed by atoms with van der Waals surface area (Å²) >= 11 is 0. The molecule has 2 atom stereocenters. The van der Waals surface area contributed by atoms with Gasteiger partial charge in [-0.3, -0.25) is 9.59 Å². The van der Waals surface area contributed by atoms with Gasteiger partial charge in [0.25, 0.3) is 11.8 Å². The van der Waals surface area contributed by atoms with Crippen molar-refractivity contribution in [2.45, 2.75) is 41.0 Å². The molecule has 4 rings (SSSR count). The minimum atomic E-state index is -0.258. The average Bonchev–Trinajstić information content (AvgIpc) is 3.02. The van der Waals surface area contributed by atoms with Crippen LogP contribution in [0.1, 0.15) is 45.2 Å². The van der Waals surface area contributed by atoms with Crippen molar-refractivity contribution in [2.24, 2.45) is 17.8 Å². The summed E-state index contributed by atoms with van der Waals surface area (Å²) in [7, 11) is 0. The standard InChI is InChI=1S/C28H34N2O3/c1-18(2)17-33-23-12-10-22(11-13-23)25-26(29-15-19(3)14-20(4)16-29)28(32)30(27(25)31)24-9-7-6-8-21(24)5/h6-13,18-20H,14-17H2,1-5H3. The van der Waals surface area contributed by atoms with Crippen LogP contribution in [-0.4, -0.2) is 36.4 Å². The van der Waals surface area contributed by atoms with Crippen LogP contribution in [-0.2, 0) is 9.59 Å². The molecule has 0 spiro atoms. The molecule has 0 N–H and O–H groups in total. The van der Waals surface area contributed by atoms with E-state index in [9.17, 15) is 9.59 Å². The van der Waals surface area contributed by atoms with Gasteiger partial charge in [0.05, 0.1) is 17.9 Å². The van der Waals surface area contributed by atoms with Crippen LogP contribution >= 0.6 is 0 Å². The predicted octanol–water partition coefficient (Wildman–Crippen LogP) is 5.29. The summed E-state index contributed by atoms with van der Waals surface area (Å²) in [6, 6.07) is 15.1. The molecule has 174 valence electrons. The molecule has 2 amide bonds. The van der Waals surface area contributed by atoms with E-state index in [1.165, 1.54) is 4.90 Å². The number of anilines is 1. The second-order valence-corrected chi connectivity index (χ2v) is 10.0. The molecule has 0 bridgehead atoms. The van der Waals surface area contributed by atoms with E-state index < -0.39 is 0 Å². The van der Waals surface area contributed by atoms with Crippen molar-refractivity contribution < 1.29 is 14.3 Å². The Morgan fingerprint density at radius 3 is 2.18 bits per heavy atom. The lowest BCUT2D eigenvalue weighted by Gasteiger charge is -2.37. The van der Waals surface area contributed by atoms with Crippen molar-refractivity contribution in [3.63, 3.8) is 0 Å². The Morgan fingerprint density at radius 1 is 0.939 bits per heavy atom. The Bertz CT molecular complexity index is 1060. The van der Waals surface area contributed by atoms with Crippen molar-refractivity contribution in [1.29, 1.82) is 0 Å². The molecule has 5 heteroatoms. The van der Waals surface area contributed by atoms with Gasteiger partial charge in [0.15, 0.2) is 0 Å². The number of piperidine rings is 1. The zero-order valence-electron chi connectivity index (χ0n) is 20.3. The third-order valence-corrected chi connectivity index (χ3v) is 6.33. The van der Waals surface area contributed by atoms with E-state index in [0.717, 1.165) is 36.4 Å². The Labute approximate surface area is 197 Å². The molecule has 5 nitrogen and oxygen atoms in total. The van der Waals surface area contributed by atoms with Gasteiger partial charge >= 0.3 is 0 Å². The quantitative estimate of drug-likeness (QED) is 0.566. The summed E-state index contributed by atoms with van der Waals surface area (Å²) in [4.78, 5) is 31.1. The fourth-order valence-corrected chi connectivity index (χ4v) is 4.93. The molecular weight excluding hydrogens is 412 g/mol. The molecule has 2 aromatic carbocycles. The van der Waals surface area contributed by atoms with E-state index in [-0.39, 0.29) is 11.8 Å². The summed E-state index contributed by atoms with van der Waals surface area (Å²) in [5.41, 5.74) is 3.31. The van der Waals surface area contributed by atoms with Gasteiger partial charge in [0.2, 0.25) is 0 Å². The van der Waals surface area contributed by atoms with Gasteiger partial charge in [0.1, 0.15) is 11.4 Å². The van der Waals surface area contributed by atoms with Gasteiger partial charge in [-0.2, -0.15) is 0 Å². The minimum Gasteiger partial charge on any atom is -0.493 e. The van der Waals surface area contributed by atoms with E-state index in [0.29, 0.717) is 41.3 Å². The lowest BCUT2D eigenvalue weighted by Crippen LogP contribution is -2.42. The molecule has 2 heterocycles. The first-order valence-corrected chi connectivity index (χ1v) is 11.9. The van der Waals surface area contributed by atoms with E-state index in [1.807, 2.05) is 55.5 Å². The van der Waals surface area contributed by atoms with Crippen molar-refractivity contribution in [3.8, 4) is 5.75 Å². The molecule has 33 heavy (non-hydrogen) atoms. The minimum absolute atomic E-state index is 0.231. The van der Waals surface area contributed by atoms with Gasteiger partial charge < -0.3 is 9.64 Å². The molecule has 0 saturated carbocycles. The van der Waals surface area contributed by atoms with Gasteiger partial charge in [-0.1, -0.05) is 58.0 Å². The van der Waals surface area contributed by atoms with E-state index in [4.69, 9.17) is 4.74 Å². The van der Waals surface area contributed by atoms with Gasteiger partial charge in [-0.25, -0.2) is 4.90 Å². The maximum atomic E-state index is 13.8. The number of ether oxygens (including phenoxy) is 1. The average molecular weight is 447 g/mol. The number of amides is 2. The van der Waals surface area contributed by atoms with Crippen LogP contribution < -0.4 is 9.64 Å². The van der Waals surface area contributed by atoms with Crippen molar-refractivity contribution in [1.82, 2.24) is 4.90 Å². The number of para-hydroxylation sites is 1. The molecular formula is C28H34N2O3. The highest BCUT2D eigenvalue weighted by Gasteiger charge is 2.44. The van der Waals surface area contributed by atoms with E-state index in [1.54, 1.807) is 0 Å². The topological polar surface area (TPSA) is 49.9 Å². The van der Waals surface area contributed by atoms with E-state index in [2.05, 4.69) is 32.6 Å². The Balaban J connectivity index is 1.76. The molecule has 0 aliphatic carbocycles. The first-order chi connectivity index (χ1) is 15.8. The first kappa shape index (κ1) is 23.1. The number of hydrogen-bond donors (Lipinski definition) is 0. The zero-order chi connectivity index (χ0) is 23.7. The van der Waals surface area contributed by atoms with Crippen LogP contribution in [0.25, 0.3) is 5.57 Å². The van der Waals surface area contributed by atoms with Crippen molar-refractivity contribution >= 4 is 23.1 Å². The van der Waals surface area contributed by atoms with Crippen LogP contribution in [0.4, 0.5) is 5.69 Å². The molecule has 0 aromatic heterocycles. The number of aryl methyl sites for hydroxylation is 1. The number of nitrogens with zero attached hydrogens (tertiary/aromatic N) is 2. The predicted molar refractivity (Wildman–Crippen MR) is 132 cm³/mol. The van der Waals surface area contributed by atoms with Gasteiger partial charge in [0, 0.05) is 13.1 Å². The van der Waals surface area contributed by atoms with Crippen LogP contribution in [0.5, 0.6) is 5.75 Å². The molecule has 2 aromatic rings. The number of benzene rings is 2. The number of imide groups is 1. The zero-order valence-corrected chi connectivity index (χ0v) is 20.3. The fourth-order valence-electron chi connectivity index (χ4n) is 4.93. The van der Waals surface area contributed by atoms with Crippen LogP contribution in [0, 0.1) is 24.7 Å². The lowest BCUT2D eigenvalue weighted by atomic mass is 9.91. The molecule has 1 fully saturated rings. The molecule has 2 aliphatic heterocycles. The summed E-state index contributed by atoms with van der Waals surface area (Å²) in [5, 5.41) is 0. The highest BCUT2D eigenvalue weighted by atomic mass is 16.5. The van der Waals surface area contributed by atoms with Crippen LogP contribution in [0.2, 0.25) is 0 Å². The number of carbonyl (C=O) groups excluding carboxylic acids is 2. The number of carbonyl (C=O) groups is 2. The highest BCUT2D eigenvalue weighted by Crippen LogP contribution is 2.38. The number of rotatable bonds is 6. The van der Waals surface area contributed by atoms with Crippen LogP contribution in [0.3, 0.4) is 0 Å². The maximum Gasteiger partial charge on any atom is 0.282 e. The van der Waals surface area contributed by atoms with E-state index >= 15 is 0 Å². The SMILES string of the molecule is Cc1ccccc1N1C(=O)C(c2ccc(OCC(C)C)cc2)=C(N2CC(C)CC(C)C2)C1=O. The summed E-state index contributed by atoms with van der Waals surface area (Å²) in [6.45, 7) is 12.8. The fraction of sp³-hybridized carbons (Fsp3) is 0.429. The first-order valence-electron chi connectivity index (χ1n) is 11.9. The second-order valence-electron chi connectivity index (χ2n) is 10.0. The Hall–Kier alpha value is -3.08. The molecule has 1 saturated heterocycles. The normalized spacial score (nSPS) is 21.4. The smallest absolute Gasteiger partial charge is 0.282 e. The maximum absolute atomic E-state index is 13.8. The largest absolute Gasteiger partial charge is 0.493 e. The highest BCUT2D eigenvalue weighted by molar-refractivity contribution is 6.45. The number of hydrogen-bond acceptors (Lipinski definition) is 4. The molecule has 0 radical (unpaired) electrons. The summed E-state index contributed by atoms with van der Waals surface area (Å²) in [5.74, 6) is 1.63. The third kappa shape index (κ3) is 4.68. The van der Waals surface area contributed by atoms with Crippen LogP contribution in [0.15, 0.2) is 54.2 Å². The summed E-state index contributed by atoms with van der Waals surface area (Å²) in [6.07, 6.45) is 1.13. The second kappa shape index (κ2) is 9.42. The monoisotopic (exact) mass is 446 g/mol. The number of likely N-dealkylation sites (tertiary alicyclic amines) is 1. The Kier molecular flexibility index (Phi) is 6.59. The van der Waals surface area contributed by atoms with Crippen molar-refractivity contribution in [2.75, 3.05) is 24.6 Å². The molecule has 2 unspecified atom stereocenters. The third-order valence-electron chi connectivity index (χ3n) is 6.33. The molecule has 2 aliphatic rings. The Morgan fingerprint density at radius 2 is 1.58 bits per heavy atom. The van der Waals surface area contributed by atoms with Crippen molar-refractivity contribution in [3.05, 3.63) is 65.4 Å². The lowest BCUT2D eigenvalue weighted by molar-refractivity contribution is -0.120.